The van der Waals surface area contributed by atoms with Crippen LogP contribution in [-0.2, 0) is 9.98 Å². The molecule has 3 heteroatoms. The molecule has 0 amide bonds. The van der Waals surface area contributed by atoms with Gasteiger partial charge in [0.15, 0.2) is 7.14 Å². The second-order valence-corrected chi connectivity index (χ2v) is 16.3. The molecule has 10 rings (SSSR count). The van der Waals surface area contributed by atoms with Crippen LogP contribution in [0, 0.1) is 0 Å². The van der Waals surface area contributed by atoms with Crippen LogP contribution >= 0.6 is 7.14 Å². The van der Waals surface area contributed by atoms with Crippen LogP contribution in [0.2, 0.25) is 0 Å². The Bertz CT molecular complexity index is 2660. The van der Waals surface area contributed by atoms with Gasteiger partial charge in [0.1, 0.15) is 0 Å². The SMILES string of the molecule is CC1(C)c2ccccc2-c2c(-c3ccc(-n4c5ccccc5c5ccc6c(c54)-c4ccccc4[P@@]6(=O)c4ccccc4)cc3)cccc21. The highest BCUT2D eigenvalue weighted by atomic mass is 31.2. The summed E-state index contributed by atoms with van der Waals surface area (Å²) in [5, 5.41) is 5.08. The Morgan fingerprint density at radius 3 is 2.00 bits per heavy atom. The molecule has 2 aliphatic rings. The fourth-order valence-corrected chi connectivity index (χ4v) is 11.7. The lowest BCUT2D eigenvalue weighted by molar-refractivity contribution is 0.593. The third kappa shape index (κ3) is 3.51. The number of fused-ring (bicyclic) bond motifs is 10. The van der Waals surface area contributed by atoms with E-state index >= 15 is 4.57 Å². The quantitative estimate of drug-likeness (QED) is 0.178. The topological polar surface area (TPSA) is 22.0 Å². The van der Waals surface area contributed by atoms with E-state index in [1.165, 1.54) is 44.2 Å². The smallest absolute Gasteiger partial charge is 0.172 e. The number of para-hydroxylation sites is 1. The van der Waals surface area contributed by atoms with Crippen molar-refractivity contribution in [1.29, 1.82) is 0 Å². The molecule has 1 aromatic heterocycles. The van der Waals surface area contributed by atoms with Crippen LogP contribution in [-0.4, -0.2) is 4.57 Å². The molecule has 0 fully saturated rings. The average Bonchev–Trinajstić information content (AvgIpc) is 3.71. The van der Waals surface area contributed by atoms with Gasteiger partial charge in [-0.1, -0.05) is 147 Å². The van der Waals surface area contributed by atoms with E-state index < -0.39 is 7.14 Å². The van der Waals surface area contributed by atoms with E-state index in [0.29, 0.717) is 0 Å². The Morgan fingerprint density at radius 1 is 0.500 bits per heavy atom. The first-order valence-electron chi connectivity index (χ1n) is 16.6. The fraction of sp³-hybridized carbons (Fsp3) is 0.0667. The lowest BCUT2D eigenvalue weighted by Gasteiger charge is -2.21. The maximum atomic E-state index is 15.4. The van der Waals surface area contributed by atoms with Gasteiger partial charge in [-0.2, -0.15) is 0 Å². The minimum atomic E-state index is -3.07. The molecule has 7 aromatic carbocycles. The van der Waals surface area contributed by atoms with E-state index in [1.807, 2.05) is 36.4 Å². The maximum Gasteiger partial charge on any atom is 0.172 e. The highest BCUT2D eigenvalue weighted by molar-refractivity contribution is 7.86. The van der Waals surface area contributed by atoms with Gasteiger partial charge in [-0.3, -0.25) is 0 Å². The second-order valence-electron chi connectivity index (χ2n) is 13.6. The van der Waals surface area contributed by atoms with Crippen molar-refractivity contribution < 1.29 is 4.57 Å². The van der Waals surface area contributed by atoms with Crippen molar-refractivity contribution in [1.82, 2.24) is 4.57 Å². The molecule has 2 nitrogen and oxygen atoms in total. The molecule has 1 aliphatic carbocycles. The molecule has 8 aromatic rings. The lowest BCUT2D eigenvalue weighted by atomic mass is 9.82. The maximum absolute atomic E-state index is 15.4. The lowest BCUT2D eigenvalue weighted by Crippen LogP contribution is -2.20. The molecule has 2 heterocycles. The van der Waals surface area contributed by atoms with Crippen LogP contribution in [0.1, 0.15) is 25.0 Å². The molecule has 0 N–H and O–H groups in total. The van der Waals surface area contributed by atoms with Gasteiger partial charge < -0.3 is 9.13 Å². The van der Waals surface area contributed by atoms with E-state index in [2.05, 4.69) is 140 Å². The molecule has 0 unspecified atom stereocenters. The van der Waals surface area contributed by atoms with Gasteiger partial charge in [-0.05, 0) is 63.2 Å². The van der Waals surface area contributed by atoms with Crippen LogP contribution in [0.5, 0.6) is 0 Å². The van der Waals surface area contributed by atoms with Crippen molar-refractivity contribution in [3.8, 4) is 39.1 Å². The minimum Gasteiger partial charge on any atom is -0.309 e. The van der Waals surface area contributed by atoms with Gasteiger partial charge in [0, 0.05) is 43.4 Å². The number of benzene rings is 7. The molecule has 0 radical (unpaired) electrons. The van der Waals surface area contributed by atoms with Crippen LogP contribution < -0.4 is 15.9 Å². The number of hydrogen-bond acceptors (Lipinski definition) is 1. The zero-order chi connectivity index (χ0) is 32.2. The van der Waals surface area contributed by atoms with Gasteiger partial charge in [-0.15, -0.1) is 0 Å². The summed E-state index contributed by atoms with van der Waals surface area (Å²) in [6.07, 6.45) is 0. The molecular formula is C45H32NOP. The van der Waals surface area contributed by atoms with E-state index in [0.717, 1.165) is 43.8 Å². The van der Waals surface area contributed by atoms with Gasteiger partial charge >= 0.3 is 0 Å². The Morgan fingerprint density at radius 2 is 1.17 bits per heavy atom. The summed E-state index contributed by atoms with van der Waals surface area (Å²) in [6.45, 7) is 4.67. The van der Waals surface area contributed by atoms with Gasteiger partial charge in [-0.25, -0.2) is 0 Å². The van der Waals surface area contributed by atoms with Crippen molar-refractivity contribution in [3.05, 3.63) is 169 Å². The summed E-state index contributed by atoms with van der Waals surface area (Å²) < 4.78 is 17.8. The predicted molar refractivity (Wildman–Crippen MR) is 202 cm³/mol. The summed E-state index contributed by atoms with van der Waals surface area (Å²) in [5.74, 6) is 0. The minimum absolute atomic E-state index is 0.0410. The van der Waals surface area contributed by atoms with Crippen LogP contribution in [0.4, 0.5) is 0 Å². The van der Waals surface area contributed by atoms with Crippen molar-refractivity contribution >= 4 is 44.9 Å². The highest BCUT2D eigenvalue weighted by Crippen LogP contribution is 2.55. The Hall–Kier alpha value is -5.43. The van der Waals surface area contributed by atoms with Crippen LogP contribution in [0.3, 0.4) is 0 Å². The third-order valence-electron chi connectivity index (χ3n) is 10.8. The zero-order valence-electron chi connectivity index (χ0n) is 26.8. The second kappa shape index (κ2) is 9.80. The van der Waals surface area contributed by atoms with Gasteiger partial charge in [0.25, 0.3) is 0 Å². The average molecular weight is 634 g/mol. The number of nitrogens with zero attached hydrogens (tertiary/aromatic N) is 1. The van der Waals surface area contributed by atoms with E-state index in [9.17, 15) is 0 Å². The summed E-state index contributed by atoms with van der Waals surface area (Å²) >= 11 is 0. The molecule has 0 saturated heterocycles. The summed E-state index contributed by atoms with van der Waals surface area (Å²) in [4.78, 5) is 0. The summed E-state index contributed by atoms with van der Waals surface area (Å²) in [7, 11) is -3.07. The number of aromatic nitrogens is 1. The molecule has 0 saturated carbocycles. The highest BCUT2D eigenvalue weighted by Gasteiger charge is 2.42. The van der Waals surface area contributed by atoms with Crippen molar-refractivity contribution in [2.75, 3.05) is 0 Å². The molecule has 228 valence electrons. The first-order chi connectivity index (χ1) is 23.5. The predicted octanol–water partition coefficient (Wildman–Crippen LogP) is 10.4. The van der Waals surface area contributed by atoms with Crippen molar-refractivity contribution in [2.45, 2.75) is 19.3 Å². The van der Waals surface area contributed by atoms with E-state index in [1.54, 1.807) is 0 Å². The van der Waals surface area contributed by atoms with Crippen molar-refractivity contribution in [2.24, 2.45) is 0 Å². The number of rotatable bonds is 3. The Kier molecular flexibility index (Phi) is 5.65. The Balaban J connectivity index is 1.22. The molecule has 48 heavy (non-hydrogen) atoms. The first kappa shape index (κ1) is 27.7. The Labute approximate surface area is 280 Å². The molecule has 0 bridgehead atoms. The van der Waals surface area contributed by atoms with E-state index in [4.69, 9.17) is 0 Å². The molecule has 1 aliphatic heterocycles. The monoisotopic (exact) mass is 633 g/mol. The largest absolute Gasteiger partial charge is 0.309 e. The van der Waals surface area contributed by atoms with Crippen LogP contribution in [0.25, 0.3) is 60.9 Å². The van der Waals surface area contributed by atoms with E-state index in [-0.39, 0.29) is 5.41 Å². The normalized spacial score (nSPS) is 16.9. The summed E-state index contributed by atoms with van der Waals surface area (Å²) in [5.41, 5.74) is 13.3. The fourth-order valence-electron chi connectivity index (χ4n) is 8.63. The first-order valence-corrected chi connectivity index (χ1v) is 18.3. The van der Waals surface area contributed by atoms with Gasteiger partial charge in [0.2, 0.25) is 0 Å². The van der Waals surface area contributed by atoms with Crippen LogP contribution in [0.15, 0.2) is 158 Å². The molecule has 1 atom stereocenters. The van der Waals surface area contributed by atoms with Gasteiger partial charge in [0.05, 0.1) is 11.0 Å². The zero-order valence-corrected chi connectivity index (χ0v) is 27.7. The third-order valence-corrected chi connectivity index (χ3v) is 14.0. The molecule has 0 spiro atoms. The van der Waals surface area contributed by atoms with Crippen molar-refractivity contribution in [3.63, 3.8) is 0 Å². The standard InChI is InChI=1S/C45H32NOP/c1-45(2)37-19-9-6-16-35(37)42-32(18-12-20-38(42)45)29-23-25-30(26-24-29)46-39-21-10-7-15-33(39)34-27-28-41-43(44(34)46)36-17-8-11-22-40(36)48(41,47)31-13-4-3-5-14-31/h3-28H,1-2H3/t48-/m0/s1. The summed E-state index contributed by atoms with van der Waals surface area (Å²) in [6, 6.07) is 55.9. The number of hydrogen-bond donors (Lipinski definition) is 0. The molecular weight excluding hydrogens is 601 g/mol.